The Balaban J connectivity index is 1.70. The summed E-state index contributed by atoms with van der Waals surface area (Å²) < 4.78 is 0. The molecular weight excluding hydrogens is 274 g/mol. The molecule has 2 aliphatic carbocycles. The lowest BCUT2D eigenvalue weighted by Crippen LogP contribution is -2.23. The molecule has 3 nitrogen and oxygen atoms in total. The van der Waals surface area contributed by atoms with Crippen molar-refractivity contribution >= 4 is 17.8 Å². The summed E-state index contributed by atoms with van der Waals surface area (Å²) in [5.41, 5.74) is 2.72. The van der Waals surface area contributed by atoms with Gasteiger partial charge in [0.15, 0.2) is 5.78 Å². The number of hydrogen-bond donors (Lipinski definition) is 1. The Kier molecular flexibility index (Phi) is 3.51. The van der Waals surface area contributed by atoms with Gasteiger partial charge < -0.3 is 5.32 Å². The molecule has 0 aromatic heterocycles. The fourth-order valence-corrected chi connectivity index (χ4v) is 3.65. The van der Waals surface area contributed by atoms with Gasteiger partial charge in [0.2, 0.25) is 5.91 Å². The van der Waals surface area contributed by atoms with Gasteiger partial charge in [0.05, 0.1) is 0 Å². The van der Waals surface area contributed by atoms with E-state index < -0.39 is 0 Å². The molecule has 0 unspecified atom stereocenters. The molecule has 1 amide bonds. The lowest BCUT2D eigenvalue weighted by molar-refractivity contribution is -0.115. The normalized spacial score (nSPS) is 27.7. The van der Waals surface area contributed by atoms with Gasteiger partial charge in [0.1, 0.15) is 0 Å². The summed E-state index contributed by atoms with van der Waals surface area (Å²) in [6, 6.07) is 9.67. The molecule has 1 aromatic rings. The highest BCUT2D eigenvalue weighted by atomic mass is 16.1. The van der Waals surface area contributed by atoms with Crippen LogP contribution in [0.1, 0.15) is 32.8 Å². The van der Waals surface area contributed by atoms with Gasteiger partial charge in [-0.25, -0.2) is 0 Å². The molecular formula is C19H21NO2. The number of nitrogens with one attached hydrogen (secondary N) is 1. The third kappa shape index (κ3) is 2.52. The van der Waals surface area contributed by atoms with E-state index in [1.54, 1.807) is 6.08 Å². The van der Waals surface area contributed by atoms with Crippen molar-refractivity contribution in [2.45, 2.75) is 27.2 Å². The molecule has 114 valence electrons. The first kappa shape index (κ1) is 14.8. The molecule has 3 rings (SSSR count). The molecule has 22 heavy (non-hydrogen) atoms. The fourth-order valence-electron chi connectivity index (χ4n) is 3.65. The van der Waals surface area contributed by atoms with E-state index in [0.717, 1.165) is 11.1 Å². The van der Waals surface area contributed by atoms with E-state index in [1.807, 2.05) is 37.3 Å². The van der Waals surface area contributed by atoms with E-state index in [0.29, 0.717) is 24.0 Å². The second-order valence-corrected chi connectivity index (χ2v) is 6.80. The molecule has 2 aliphatic rings. The Morgan fingerprint density at radius 1 is 1.27 bits per heavy atom. The van der Waals surface area contributed by atoms with Gasteiger partial charge in [0.25, 0.3) is 0 Å². The van der Waals surface area contributed by atoms with Gasteiger partial charge in [-0.05, 0) is 35.8 Å². The highest BCUT2D eigenvalue weighted by molar-refractivity contribution is 6.02. The molecule has 0 radical (unpaired) electrons. The molecule has 0 aliphatic heterocycles. The van der Waals surface area contributed by atoms with Crippen molar-refractivity contribution in [1.82, 2.24) is 5.32 Å². The summed E-state index contributed by atoms with van der Waals surface area (Å²) in [6.07, 6.45) is 3.90. The topological polar surface area (TPSA) is 46.2 Å². The van der Waals surface area contributed by atoms with Crippen LogP contribution in [-0.4, -0.2) is 11.7 Å². The number of benzene rings is 1. The Labute approximate surface area is 131 Å². The molecule has 0 bridgehead atoms. The zero-order valence-corrected chi connectivity index (χ0v) is 13.2. The summed E-state index contributed by atoms with van der Waals surface area (Å²) >= 11 is 0. The second-order valence-electron chi connectivity index (χ2n) is 6.80. The quantitative estimate of drug-likeness (QED) is 0.869. The van der Waals surface area contributed by atoms with Crippen molar-refractivity contribution in [3.05, 3.63) is 53.2 Å². The third-order valence-electron chi connectivity index (χ3n) is 5.01. The van der Waals surface area contributed by atoms with E-state index in [4.69, 9.17) is 0 Å². The maximum absolute atomic E-state index is 12.1. The van der Waals surface area contributed by atoms with E-state index in [9.17, 15) is 9.59 Å². The van der Waals surface area contributed by atoms with Crippen molar-refractivity contribution < 1.29 is 9.59 Å². The summed E-state index contributed by atoms with van der Waals surface area (Å²) in [4.78, 5) is 24.1. The number of Topliss-reactive ketones (excluding diaryl/α,β-unsaturated/α-hetero) is 1. The zero-order chi connectivity index (χ0) is 15.9. The first-order chi connectivity index (χ1) is 10.4. The molecule has 1 aromatic carbocycles. The number of amides is 1. The van der Waals surface area contributed by atoms with Gasteiger partial charge >= 0.3 is 0 Å². The largest absolute Gasteiger partial charge is 0.326 e. The van der Waals surface area contributed by atoms with Crippen LogP contribution in [0.2, 0.25) is 0 Å². The van der Waals surface area contributed by atoms with Crippen LogP contribution in [0.4, 0.5) is 0 Å². The number of ketones is 1. The standard InChI is InChI=1S/C19H21NO2/c1-12(17-15(21)11-14-18(17)19(14,2)3)20-16(22)10-9-13-7-5-4-6-8-13/h4-10,14,18H,11H2,1-3H3,(H,20,22)/b10-9+,17-12+/t14-,18-/m0/s1. The van der Waals surface area contributed by atoms with Gasteiger partial charge in [-0.1, -0.05) is 44.2 Å². The van der Waals surface area contributed by atoms with Gasteiger partial charge in [-0.3, -0.25) is 9.59 Å². The van der Waals surface area contributed by atoms with Gasteiger partial charge in [0, 0.05) is 23.8 Å². The number of hydrogen-bond acceptors (Lipinski definition) is 2. The van der Waals surface area contributed by atoms with Crippen LogP contribution in [0.25, 0.3) is 6.08 Å². The number of carbonyl (C=O) groups excluding carboxylic acids is 2. The van der Waals surface area contributed by atoms with E-state index >= 15 is 0 Å². The summed E-state index contributed by atoms with van der Waals surface area (Å²) in [6.45, 7) is 6.22. The van der Waals surface area contributed by atoms with E-state index in [1.165, 1.54) is 6.08 Å². The van der Waals surface area contributed by atoms with Crippen LogP contribution < -0.4 is 5.32 Å². The van der Waals surface area contributed by atoms with E-state index in [2.05, 4.69) is 19.2 Å². The van der Waals surface area contributed by atoms with Crippen molar-refractivity contribution in [3.63, 3.8) is 0 Å². The second kappa shape index (κ2) is 5.24. The maximum Gasteiger partial charge on any atom is 0.248 e. The predicted molar refractivity (Wildman–Crippen MR) is 86.7 cm³/mol. The average Bonchev–Trinajstić information content (AvgIpc) is 2.84. The Bertz CT molecular complexity index is 683. The van der Waals surface area contributed by atoms with Gasteiger partial charge in [-0.2, -0.15) is 0 Å². The molecule has 2 saturated carbocycles. The van der Waals surface area contributed by atoms with Crippen molar-refractivity contribution in [2.75, 3.05) is 0 Å². The summed E-state index contributed by atoms with van der Waals surface area (Å²) in [5.74, 6) is 0.780. The SMILES string of the molecule is C/C(NC(=O)/C=C/c1ccccc1)=C1/C(=O)C[C@H]2[C@@H]1C2(C)C. The highest BCUT2D eigenvalue weighted by Gasteiger charge is 2.65. The molecule has 3 heteroatoms. The van der Waals surface area contributed by atoms with E-state index in [-0.39, 0.29) is 17.1 Å². The molecule has 0 spiro atoms. The smallest absolute Gasteiger partial charge is 0.248 e. The lowest BCUT2D eigenvalue weighted by Gasteiger charge is -2.13. The molecule has 1 N–H and O–H groups in total. The predicted octanol–water partition coefficient (Wildman–Crippen LogP) is 3.34. The monoisotopic (exact) mass is 295 g/mol. The summed E-state index contributed by atoms with van der Waals surface area (Å²) in [7, 11) is 0. The van der Waals surface area contributed by atoms with Crippen molar-refractivity contribution in [3.8, 4) is 0 Å². The fraction of sp³-hybridized carbons (Fsp3) is 0.368. The van der Waals surface area contributed by atoms with Gasteiger partial charge in [-0.15, -0.1) is 0 Å². The third-order valence-corrected chi connectivity index (χ3v) is 5.01. The summed E-state index contributed by atoms with van der Waals surface area (Å²) in [5, 5.41) is 2.85. The number of allylic oxidation sites excluding steroid dienone is 2. The van der Waals surface area contributed by atoms with Crippen LogP contribution in [0.5, 0.6) is 0 Å². The minimum Gasteiger partial charge on any atom is -0.326 e. The van der Waals surface area contributed by atoms with Crippen molar-refractivity contribution in [2.24, 2.45) is 17.3 Å². The van der Waals surface area contributed by atoms with Crippen LogP contribution in [0.3, 0.4) is 0 Å². The Morgan fingerprint density at radius 2 is 1.95 bits per heavy atom. The maximum atomic E-state index is 12.1. The minimum absolute atomic E-state index is 0.191. The zero-order valence-electron chi connectivity index (χ0n) is 13.2. The molecule has 2 fully saturated rings. The first-order valence-corrected chi connectivity index (χ1v) is 7.69. The average molecular weight is 295 g/mol. The van der Waals surface area contributed by atoms with Crippen LogP contribution in [0.15, 0.2) is 47.7 Å². The number of rotatable bonds is 3. The lowest BCUT2D eigenvalue weighted by atomic mass is 9.95. The van der Waals surface area contributed by atoms with Crippen LogP contribution in [-0.2, 0) is 9.59 Å². The molecule has 0 heterocycles. The number of carbonyl (C=O) groups is 2. The molecule has 2 atom stereocenters. The van der Waals surface area contributed by atoms with Crippen molar-refractivity contribution in [1.29, 1.82) is 0 Å². The Morgan fingerprint density at radius 3 is 2.59 bits per heavy atom. The Hall–Kier alpha value is -2.16. The first-order valence-electron chi connectivity index (χ1n) is 7.69. The number of fused-ring (bicyclic) bond motifs is 1. The van der Waals surface area contributed by atoms with Crippen LogP contribution in [0, 0.1) is 17.3 Å². The van der Waals surface area contributed by atoms with Crippen LogP contribution >= 0.6 is 0 Å². The molecule has 0 saturated heterocycles. The highest BCUT2D eigenvalue weighted by Crippen LogP contribution is 2.68. The minimum atomic E-state index is -0.191.